The van der Waals surface area contributed by atoms with E-state index < -0.39 is 0 Å². The topological polar surface area (TPSA) is 122 Å². The van der Waals surface area contributed by atoms with Gasteiger partial charge in [-0.3, -0.25) is 9.89 Å². The minimum Gasteiger partial charge on any atom is -0.378 e. The number of aromatic nitrogens is 4. The van der Waals surface area contributed by atoms with E-state index in [1.807, 2.05) is 50.4 Å². The molecule has 206 valence electrons. The number of thiophene rings is 1. The fraction of sp³-hybridized carbons (Fsp3) is 0.310. The summed E-state index contributed by atoms with van der Waals surface area (Å²) in [6.07, 6.45) is 12.8. The Morgan fingerprint density at radius 1 is 1.23 bits per heavy atom. The smallest absolute Gasteiger partial charge is 0.206 e. The number of carbonyl (C=O) groups excluding carboxylic acids is 1. The van der Waals surface area contributed by atoms with Crippen molar-refractivity contribution in [3.8, 4) is 11.4 Å². The lowest BCUT2D eigenvalue weighted by Gasteiger charge is -2.28. The molecule has 1 aliphatic heterocycles. The number of hydrogen-bond donors (Lipinski definition) is 3. The number of hydrogen-bond acceptors (Lipinski definition) is 8. The highest BCUT2D eigenvalue weighted by Crippen LogP contribution is 2.37. The van der Waals surface area contributed by atoms with E-state index in [1.165, 1.54) is 10.5 Å². The van der Waals surface area contributed by atoms with Crippen LogP contribution in [-0.4, -0.2) is 66.5 Å². The predicted molar refractivity (Wildman–Crippen MR) is 163 cm³/mol. The summed E-state index contributed by atoms with van der Waals surface area (Å²) in [7, 11) is 1.56. The maximum absolute atomic E-state index is 9.06. The van der Waals surface area contributed by atoms with Crippen molar-refractivity contribution in [1.29, 1.82) is 0 Å². The van der Waals surface area contributed by atoms with E-state index in [4.69, 9.17) is 25.2 Å². The van der Waals surface area contributed by atoms with Gasteiger partial charge in [-0.15, -0.1) is 11.3 Å². The Morgan fingerprint density at radius 2 is 1.97 bits per heavy atom. The van der Waals surface area contributed by atoms with Gasteiger partial charge in [0.15, 0.2) is 11.6 Å². The molecular formula is C29H37N7O2S. The summed E-state index contributed by atoms with van der Waals surface area (Å²) in [5.41, 5.74) is 9.00. The molecule has 1 aliphatic rings. The van der Waals surface area contributed by atoms with Crippen LogP contribution in [0, 0.1) is 0 Å². The molecule has 0 spiro atoms. The first-order valence-corrected chi connectivity index (χ1v) is 13.7. The van der Waals surface area contributed by atoms with Gasteiger partial charge in [-0.1, -0.05) is 49.4 Å². The summed E-state index contributed by atoms with van der Waals surface area (Å²) in [4.78, 5) is 22.6. The maximum Gasteiger partial charge on any atom is 0.206 e. The van der Waals surface area contributed by atoms with Crippen LogP contribution in [0.2, 0.25) is 0 Å². The predicted octanol–water partition coefficient (Wildman–Crippen LogP) is 4.93. The molecule has 4 heterocycles. The van der Waals surface area contributed by atoms with E-state index in [0.29, 0.717) is 19.6 Å². The van der Waals surface area contributed by atoms with Crippen LogP contribution in [0.25, 0.3) is 38.1 Å². The minimum atomic E-state index is 0.625. The number of morpholine rings is 1. The average molecular weight is 548 g/mol. The van der Waals surface area contributed by atoms with Gasteiger partial charge < -0.3 is 20.7 Å². The molecule has 1 saturated heterocycles. The number of carbonyl (C=O) groups is 1. The zero-order chi connectivity index (χ0) is 28.0. The molecule has 4 aromatic rings. The number of nitrogens with two attached hydrogens (primary N) is 1. The molecule has 1 amide bonds. The van der Waals surface area contributed by atoms with Crippen molar-refractivity contribution in [1.82, 2.24) is 25.5 Å². The number of H-pyrrole nitrogens is 1. The molecule has 3 aromatic heterocycles. The van der Waals surface area contributed by atoms with Gasteiger partial charge in [-0.25, -0.2) is 9.97 Å². The lowest BCUT2D eigenvalue weighted by Crippen LogP contribution is -2.36. The molecule has 4 N–H and O–H groups in total. The lowest BCUT2D eigenvalue weighted by atomic mass is 10.1. The molecule has 39 heavy (non-hydrogen) atoms. The highest BCUT2D eigenvalue weighted by atomic mass is 32.1. The van der Waals surface area contributed by atoms with Gasteiger partial charge in [0.25, 0.3) is 0 Å². The molecule has 0 bridgehead atoms. The summed E-state index contributed by atoms with van der Waals surface area (Å²) < 4.78 is 6.71. The standard InChI is InChI=1S/C25H25N5OS.C2H5NO.C2H7N/c1-3-4-5-6-8-17(2)22-15-21-23(32-22)25(30-11-13-31-14-12-30)28-24(27-21)18-9-7-10-20-19(18)16-26-29-20;1-3-2-4;1-2-3/h3-10,15-16H,11-14H2,1-2H3,(H,26,29);2H,1H3,(H,3,4);2-3H2,1H3/b4-3-,6-5-,17-8+;;. The molecule has 9 nitrogen and oxygen atoms in total. The third-order valence-electron chi connectivity index (χ3n) is 5.66. The van der Waals surface area contributed by atoms with E-state index >= 15 is 0 Å². The monoisotopic (exact) mass is 547 g/mol. The number of nitrogens with zero attached hydrogens (tertiary/aromatic N) is 4. The highest BCUT2D eigenvalue weighted by molar-refractivity contribution is 7.20. The van der Waals surface area contributed by atoms with Crippen LogP contribution in [0.3, 0.4) is 0 Å². The second kappa shape index (κ2) is 15.5. The normalized spacial score (nSPS) is 13.9. The van der Waals surface area contributed by atoms with E-state index in [9.17, 15) is 0 Å². The van der Waals surface area contributed by atoms with E-state index in [0.717, 1.165) is 58.0 Å². The fourth-order valence-corrected chi connectivity index (χ4v) is 4.93. The Balaban J connectivity index is 0.000000542. The summed E-state index contributed by atoms with van der Waals surface area (Å²) in [6, 6.07) is 8.28. The molecular weight excluding hydrogens is 510 g/mol. The Kier molecular flexibility index (Phi) is 11.8. The first-order chi connectivity index (χ1) is 19.1. The number of ether oxygens (including phenoxy) is 1. The molecule has 0 saturated carbocycles. The fourth-order valence-electron chi connectivity index (χ4n) is 3.84. The van der Waals surface area contributed by atoms with Gasteiger partial charge in [0.2, 0.25) is 6.41 Å². The summed E-state index contributed by atoms with van der Waals surface area (Å²) in [5.74, 6) is 1.72. The first-order valence-electron chi connectivity index (χ1n) is 12.9. The summed E-state index contributed by atoms with van der Waals surface area (Å²) >= 11 is 1.75. The van der Waals surface area contributed by atoms with Crippen molar-refractivity contribution >= 4 is 50.3 Å². The molecule has 0 atom stereocenters. The Labute approximate surface area is 233 Å². The van der Waals surface area contributed by atoms with Gasteiger partial charge in [-0.2, -0.15) is 5.10 Å². The number of benzene rings is 1. The van der Waals surface area contributed by atoms with Gasteiger partial charge in [0.1, 0.15) is 0 Å². The van der Waals surface area contributed by atoms with Crippen molar-refractivity contribution in [2.45, 2.75) is 20.8 Å². The van der Waals surface area contributed by atoms with Gasteiger partial charge in [-0.05, 0) is 38.1 Å². The average Bonchev–Trinajstić information content (AvgIpc) is 3.63. The van der Waals surface area contributed by atoms with Crippen molar-refractivity contribution < 1.29 is 9.53 Å². The van der Waals surface area contributed by atoms with Gasteiger partial charge in [0, 0.05) is 36.0 Å². The van der Waals surface area contributed by atoms with Gasteiger partial charge in [0.05, 0.1) is 35.1 Å². The zero-order valence-electron chi connectivity index (χ0n) is 23.0. The van der Waals surface area contributed by atoms with Crippen LogP contribution in [0.4, 0.5) is 5.82 Å². The summed E-state index contributed by atoms with van der Waals surface area (Å²) in [6.45, 7) is 9.89. The van der Waals surface area contributed by atoms with Crippen molar-refractivity contribution in [3.05, 3.63) is 65.7 Å². The van der Waals surface area contributed by atoms with Crippen molar-refractivity contribution in [2.75, 3.05) is 44.8 Å². The number of aromatic amines is 1. The molecule has 0 radical (unpaired) electrons. The van der Waals surface area contributed by atoms with Crippen molar-refractivity contribution in [2.24, 2.45) is 5.73 Å². The van der Waals surface area contributed by atoms with Crippen LogP contribution >= 0.6 is 11.3 Å². The third kappa shape index (κ3) is 7.82. The van der Waals surface area contributed by atoms with Crippen LogP contribution < -0.4 is 16.0 Å². The molecule has 5 rings (SSSR count). The Bertz CT molecular complexity index is 1430. The Morgan fingerprint density at radius 3 is 2.67 bits per heavy atom. The second-order valence-electron chi connectivity index (χ2n) is 8.51. The number of anilines is 1. The number of amides is 1. The molecule has 1 aromatic carbocycles. The second-order valence-corrected chi connectivity index (χ2v) is 9.56. The minimum absolute atomic E-state index is 0.625. The van der Waals surface area contributed by atoms with Crippen LogP contribution in [-0.2, 0) is 9.53 Å². The van der Waals surface area contributed by atoms with E-state index in [-0.39, 0.29) is 0 Å². The van der Waals surface area contributed by atoms with Crippen molar-refractivity contribution in [3.63, 3.8) is 0 Å². The molecule has 10 heteroatoms. The number of rotatable bonds is 6. The van der Waals surface area contributed by atoms with E-state index in [1.54, 1.807) is 18.4 Å². The number of nitrogens with one attached hydrogen (secondary N) is 2. The molecule has 1 fully saturated rings. The lowest BCUT2D eigenvalue weighted by molar-refractivity contribution is -0.109. The van der Waals surface area contributed by atoms with E-state index in [2.05, 4.69) is 51.6 Å². The maximum atomic E-state index is 9.06. The number of fused-ring (bicyclic) bond motifs is 2. The highest BCUT2D eigenvalue weighted by Gasteiger charge is 2.21. The SMILES string of the molecule is CCN.CNC=O.C\C=C/C=C\C=C(/C)c1cc2nc(-c3cccc4[nH]ncc34)nc(N3CCOCC3)c2s1. The van der Waals surface area contributed by atoms with Crippen LogP contribution in [0.15, 0.2) is 60.8 Å². The largest absolute Gasteiger partial charge is 0.378 e. The summed E-state index contributed by atoms with van der Waals surface area (Å²) in [5, 5.41) is 10.5. The Hall–Kier alpha value is -3.86. The molecule has 0 unspecified atom stereocenters. The quantitative estimate of drug-likeness (QED) is 0.231. The third-order valence-corrected chi connectivity index (χ3v) is 6.91. The van der Waals surface area contributed by atoms with Crippen LogP contribution in [0.5, 0.6) is 0 Å². The van der Waals surface area contributed by atoms with Gasteiger partial charge >= 0.3 is 0 Å². The molecule has 0 aliphatic carbocycles. The zero-order valence-corrected chi connectivity index (χ0v) is 23.8. The van der Waals surface area contributed by atoms with Crippen LogP contribution in [0.1, 0.15) is 25.6 Å². The number of allylic oxidation sites excluding steroid dienone is 6. The first kappa shape index (κ1) is 29.7.